The van der Waals surface area contributed by atoms with E-state index in [4.69, 9.17) is 14.9 Å². The van der Waals surface area contributed by atoms with Gasteiger partial charge in [-0.05, 0) is 62.7 Å². The van der Waals surface area contributed by atoms with Gasteiger partial charge in [-0.25, -0.2) is 0 Å². The Morgan fingerprint density at radius 2 is 1.13 bits per heavy atom. The zero-order chi connectivity index (χ0) is 22.2. The molecule has 0 saturated heterocycles. The molecular formula is C24H42O6. The average molecular weight is 427 g/mol. The molecule has 2 N–H and O–H groups in total. The van der Waals surface area contributed by atoms with Crippen LogP contribution in [0.1, 0.15) is 110 Å². The fraction of sp³-hybridized carbons (Fsp3) is 0.875. The zero-order valence-corrected chi connectivity index (χ0v) is 18.8. The molecule has 6 nitrogen and oxygen atoms in total. The van der Waals surface area contributed by atoms with Crippen molar-refractivity contribution in [1.82, 2.24) is 0 Å². The van der Waals surface area contributed by atoms with E-state index in [1.807, 2.05) is 0 Å². The van der Waals surface area contributed by atoms with E-state index in [0.717, 1.165) is 38.5 Å². The van der Waals surface area contributed by atoms with Crippen LogP contribution in [0.5, 0.6) is 0 Å². The minimum Gasteiger partial charge on any atom is -0.481 e. The number of esters is 1. The van der Waals surface area contributed by atoms with Gasteiger partial charge < -0.3 is 14.9 Å². The SMILES string of the molecule is CCCCCCCCCOC(=O)CCC1CC(CCC(=O)O)CC(CCC(=O)O)C1. The Balaban J connectivity index is 2.28. The zero-order valence-electron chi connectivity index (χ0n) is 18.8. The molecule has 1 rings (SSSR count). The van der Waals surface area contributed by atoms with Crippen molar-refractivity contribution >= 4 is 17.9 Å². The Bertz CT molecular complexity index is 478. The molecule has 1 saturated carbocycles. The molecule has 0 spiro atoms. The minimum absolute atomic E-state index is 0.143. The van der Waals surface area contributed by atoms with Crippen LogP contribution >= 0.6 is 0 Å². The third kappa shape index (κ3) is 13.6. The normalized spacial score (nSPS) is 21.3. The van der Waals surface area contributed by atoms with E-state index in [1.165, 1.54) is 32.1 Å². The number of carbonyl (C=O) groups excluding carboxylic acids is 1. The maximum Gasteiger partial charge on any atom is 0.305 e. The molecular weight excluding hydrogens is 384 g/mol. The highest BCUT2D eigenvalue weighted by atomic mass is 16.5. The molecule has 0 aromatic rings. The summed E-state index contributed by atoms with van der Waals surface area (Å²) in [4.78, 5) is 33.9. The van der Waals surface area contributed by atoms with Gasteiger partial charge in [-0.1, -0.05) is 45.4 Å². The van der Waals surface area contributed by atoms with Crippen LogP contribution < -0.4 is 0 Å². The number of carboxylic acids is 2. The number of aliphatic carboxylic acids is 2. The molecule has 6 heteroatoms. The lowest BCUT2D eigenvalue weighted by molar-refractivity contribution is -0.144. The van der Waals surface area contributed by atoms with Gasteiger partial charge in [-0.15, -0.1) is 0 Å². The fourth-order valence-corrected chi connectivity index (χ4v) is 4.70. The van der Waals surface area contributed by atoms with Crippen molar-refractivity contribution in [2.45, 2.75) is 110 Å². The van der Waals surface area contributed by atoms with Crippen LogP contribution in [-0.2, 0) is 19.1 Å². The Hall–Kier alpha value is -1.59. The minimum atomic E-state index is -0.784. The van der Waals surface area contributed by atoms with E-state index in [0.29, 0.717) is 43.6 Å². The van der Waals surface area contributed by atoms with Gasteiger partial charge in [0.2, 0.25) is 0 Å². The quantitative estimate of drug-likeness (QED) is 0.224. The lowest BCUT2D eigenvalue weighted by Crippen LogP contribution is -2.25. The van der Waals surface area contributed by atoms with Crippen LogP contribution in [-0.4, -0.2) is 34.7 Å². The molecule has 174 valence electrons. The molecule has 1 aliphatic carbocycles. The van der Waals surface area contributed by atoms with Gasteiger partial charge in [0.05, 0.1) is 6.61 Å². The summed E-state index contributed by atoms with van der Waals surface area (Å²) >= 11 is 0. The fourth-order valence-electron chi connectivity index (χ4n) is 4.70. The second kappa shape index (κ2) is 16.1. The van der Waals surface area contributed by atoms with Crippen LogP contribution in [0.4, 0.5) is 0 Å². The Labute approximate surface area is 181 Å². The van der Waals surface area contributed by atoms with E-state index < -0.39 is 11.9 Å². The van der Waals surface area contributed by atoms with Gasteiger partial charge in [-0.3, -0.25) is 14.4 Å². The molecule has 0 bridgehead atoms. The summed E-state index contributed by atoms with van der Waals surface area (Å²) in [6.07, 6.45) is 13.8. The molecule has 0 radical (unpaired) electrons. The van der Waals surface area contributed by atoms with Crippen LogP contribution in [0.3, 0.4) is 0 Å². The summed E-state index contributed by atoms with van der Waals surface area (Å²) in [6, 6.07) is 0. The highest BCUT2D eigenvalue weighted by molar-refractivity contribution is 5.69. The second-order valence-corrected chi connectivity index (χ2v) is 9.05. The maximum atomic E-state index is 12.1. The predicted octanol–water partition coefficient (Wildman–Crippen LogP) is 5.82. The maximum absolute atomic E-state index is 12.1. The molecule has 0 aromatic carbocycles. The first kappa shape index (κ1) is 26.4. The van der Waals surface area contributed by atoms with Crippen LogP contribution in [0, 0.1) is 17.8 Å². The van der Waals surface area contributed by atoms with Crippen molar-refractivity contribution < 1.29 is 29.3 Å². The summed E-state index contributed by atoms with van der Waals surface area (Å²) in [7, 11) is 0. The van der Waals surface area contributed by atoms with Crippen LogP contribution in [0.25, 0.3) is 0 Å². The molecule has 0 heterocycles. The first-order valence-corrected chi connectivity index (χ1v) is 12.0. The number of hydrogen-bond acceptors (Lipinski definition) is 4. The van der Waals surface area contributed by atoms with Gasteiger partial charge in [0, 0.05) is 19.3 Å². The summed E-state index contributed by atoms with van der Waals surface area (Å²) in [5.41, 5.74) is 0. The number of rotatable bonds is 17. The largest absolute Gasteiger partial charge is 0.481 e. The van der Waals surface area contributed by atoms with Gasteiger partial charge in [0.1, 0.15) is 0 Å². The first-order chi connectivity index (χ1) is 14.4. The highest BCUT2D eigenvalue weighted by Crippen LogP contribution is 2.39. The standard InChI is InChI=1S/C24H42O6/c1-2-3-4-5-6-7-8-15-30-24(29)14-11-21-17-19(9-12-22(25)26)16-20(18-21)10-13-23(27)28/h19-21H,2-18H2,1H3,(H,25,26)(H,27,28). The molecule has 2 atom stereocenters. The van der Waals surface area contributed by atoms with Gasteiger partial charge in [-0.2, -0.15) is 0 Å². The molecule has 0 aromatic heterocycles. The van der Waals surface area contributed by atoms with E-state index in [2.05, 4.69) is 6.92 Å². The highest BCUT2D eigenvalue weighted by Gasteiger charge is 2.29. The molecule has 0 amide bonds. The average Bonchev–Trinajstić information content (AvgIpc) is 2.71. The van der Waals surface area contributed by atoms with Gasteiger partial charge in [0.25, 0.3) is 0 Å². The van der Waals surface area contributed by atoms with E-state index in [-0.39, 0.29) is 18.8 Å². The number of carbonyl (C=O) groups is 3. The van der Waals surface area contributed by atoms with Crippen molar-refractivity contribution in [2.75, 3.05) is 6.61 Å². The monoisotopic (exact) mass is 426 g/mol. The van der Waals surface area contributed by atoms with Crippen molar-refractivity contribution in [3.8, 4) is 0 Å². The van der Waals surface area contributed by atoms with Crippen molar-refractivity contribution in [3.63, 3.8) is 0 Å². The second-order valence-electron chi connectivity index (χ2n) is 9.05. The number of hydrogen-bond donors (Lipinski definition) is 2. The molecule has 0 aliphatic heterocycles. The summed E-state index contributed by atoms with van der Waals surface area (Å²) in [5, 5.41) is 17.9. The number of ether oxygens (including phenoxy) is 1. The van der Waals surface area contributed by atoms with Crippen molar-refractivity contribution in [1.29, 1.82) is 0 Å². The number of carboxylic acid groups (broad SMARTS) is 2. The Morgan fingerprint density at radius 3 is 1.60 bits per heavy atom. The summed E-state index contributed by atoms with van der Waals surface area (Å²) in [6.45, 7) is 2.71. The van der Waals surface area contributed by atoms with Crippen LogP contribution in [0.15, 0.2) is 0 Å². The lowest BCUT2D eigenvalue weighted by Gasteiger charge is -2.35. The third-order valence-corrected chi connectivity index (χ3v) is 6.30. The van der Waals surface area contributed by atoms with E-state index in [1.54, 1.807) is 0 Å². The first-order valence-electron chi connectivity index (χ1n) is 12.0. The molecule has 1 aliphatic rings. The number of unbranched alkanes of at least 4 members (excludes halogenated alkanes) is 6. The van der Waals surface area contributed by atoms with Crippen molar-refractivity contribution in [2.24, 2.45) is 17.8 Å². The topological polar surface area (TPSA) is 101 Å². The lowest BCUT2D eigenvalue weighted by atomic mass is 9.71. The Kier molecular flexibility index (Phi) is 14.2. The predicted molar refractivity (Wildman–Crippen MR) is 116 cm³/mol. The molecule has 2 unspecified atom stereocenters. The van der Waals surface area contributed by atoms with E-state index in [9.17, 15) is 14.4 Å². The molecule has 30 heavy (non-hydrogen) atoms. The van der Waals surface area contributed by atoms with E-state index >= 15 is 0 Å². The summed E-state index contributed by atoms with van der Waals surface area (Å²) in [5.74, 6) is -0.746. The smallest absolute Gasteiger partial charge is 0.305 e. The van der Waals surface area contributed by atoms with Crippen molar-refractivity contribution in [3.05, 3.63) is 0 Å². The third-order valence-electron chi connectivity index (χ3n) is 6.30. The Morgan fingerprint density at radius 1 is 0.700 bits per heavy atom. The van der Waals surface area contributed by atoms with Gasteiger partial charge >= 0.3 is 17.9 Å². The summed E-state index contributed by atoms with van der Waals surface area (Å²) < 4.78 is 5.38. The van der Waals surface area contributed by atoms with Gasteiger partial charge in [0.15, 0.2) is 0 Å². The molecule has 1 fully saturated rings. The van der Waals surface area contributed by atoms with Crippen LogP contribution in [0.2, 0.25) is 0 Å².